The summed E-state index contributed by atoms with van der Waals surface area (Å²) >= 11 is 0. The SMILES string of the molecule is CCOC(=O)C(C(=O)c1ccccc1)C(=O)c1cccc(OCCCc2ccccc2)c1. The zero-order valence-electron chi connectivity index (χ0n) is 18.0. The van der Waals surface area contributed by atoms with Crippen molar-refractivity contribution >= 4 is 17.5 Å². The number of rotatable bonds is 11. The molecule has 0 aromatic heterocycles. The van der Waals surface area contributed by atoms with Crippen LogP contribution in [0.5, 0.6) is 5.75 Å². The fourth-order valence-corrected chi connectivity index (χ4v) is 3.34. The molecule has 1 unspecified atom stereocenters. The molecule has 3 aromatic carbocycles. The van der Waals surface area contributed by atoms with Crippen molar-refractivity contribution in [1.29, 1.82) is 0 Å². The summed E-state index contributed by atoms with van der Waals surface area (Å²) in [6, 6.07) is 25.0. The Bertz CT molecular complexity index is 1040. The molecule has 0 bridgehead atoms. The van der Waals surface area contributed by atoms with Gasteiger partial charge in [-0.15, -0.1) is 0 Å². The molecule has 0 fully saturated rings. The minimum Gasteiger partial charge on any atom is -0.494 e. The molecule has 0 aliphatic carbocycles. The van der Waals surface area contributed by atoms with Gasteiger partial charge in [0.1, 0.15) is 5.75 Å². The van der Waals surface area contributed by atoms with E-state index >= 15 is 0 Å². The van der Waals surface area contributed by atoms with E-state index in [4.69, 9.17) is 9.47 Å². The molecule has 5 heteroatoms. The number of hydrogen-bond donors (Lipinski definition) is 0. The van der Waals surface area contributed by atoms with Crippen LogP contribution < -0.4 is 4.74 Å². The first kappa shape index (κ1) is 22.9. The number of carbonyl (C=O) groups is 3. The Balaban J connectivity index is 1.70. The number of aryl methyl sites for hydroxylation is 1. The number of carbonyl (C=O) groups excluding carboxylic acids is 3. The maximum Gasteiger partial charge on any atom is 0.324 e. The number of esters is 1. The van der Waals surface area contributed by atoms with Gasteiger partial charge in [-0.3, -0.25) is 14.4 Å². The quantitative estimate of drug-likeness (QED) is 0.186. The van der Waals surface area contributed by atoms with Crippen LogP contribution in [0.15, 0.2) is 84.9 Å². The smallest absolute Gasteiger partial charge is 0.324 e. The van der Waals surface area contributed by atoms with Crippen molar-refractivity contribution in [3.8, 4) is 5.75 Å². The van der Waals surface area contributed by atoms with Gasteiger partial charge in [0.05, 0.1) is 13.2 Å². The Morgan fingerprint density at radius 3 is 2.09 bits per heavy atom. The third-order valence-electron chi connectivity index (χ3n) is 4.94. The van der Waals surface area contributed by atoms with E-state index in [-0.39, 0.29) is 17.7 Å². The van der Waals surface area contributed by atoms with Crippen LogP contribution >= 0.6 is 0 Å². The molecule has 0 saturated heterocycles. The molecule has 0 saturated carbocycles. The van der Waals surface area contributed by atoms with E-state index in [9.17, 15) is 14.4 Å². The van der Waals surface area contributed by atoms with Crippen molar-refractivity contribution in [1.82, 2.24) is 0 Å². The molecule has 0 heterocycles. The van der Waals surface area contributed by atoms with Gasteiger partial charge in [0.2, 0.25) is 0 Å². The first-order chi connectivity index (χ1) is 15.6. The first-order valence-electron chi connectivity index (χ1n) is 10.7. The average Bonchev–Trinajstić information content (AvgIpc) is 2.83. The molecule has 0 aliphatic heterocycles. The van der Waals surface area contributed by atoms with E-state index in [1.54, 1.807) is 61.5 Å². The van der Waals surface area contributed by atoms with Gasteiger partial charge in [-0.1, -0.05) is 72.8 Å². The summed E-state index contributed by atoms with van der Waals surface area (Å²) in [6.45, 7) is 2.20. The van der Waals surface area contributed by atoms with Crippen molar-refractivity contribution < 1.29 is 23.9 Å². The molecule has 0 N–H and O–H groups in total. The van der Waals surface area contributed by atoms with Gasteiger partial charge in [-0.25, -0.2) is 0 Å². The molecule has 1 atom stereocenters. The second kappa shape index (κ2) is 11.6. The highest BCUT2D eigenvalue weighted by molar-refractivity contribution is 6.26. The Morgan fingerprint density at radius 1 is 0.781 bits per heavy atom. The fraction of sp³-hybridized carbons (Fsp3) is 0.222. The Morgan fingerprint density at radius 2 is 1.41 bits per heavy atom. The van der Waals surface area contributed by atoms with Crippen LogP contribution in [0.3, 0.4) is 0 Å². The summed E-state index contributed by atoms with van der Waals surface area (Å²) in [5.41, 5.74) is 1.75. The summed E-state index contributed by atoms with van der Waals surface area (Å²) in [5, 5.41) is 0. The van der Waals surface area contributed by atoms with Gasteiger partial charge >= 0.3 is 5.97 Å². The van der Waals surface area contributed by atoms with Crippen molar-refractivity contribution in [2.75, 3.05) is 13.2 Å². The van der Waals surface area contributed by atoms with Gasteiger partial charge in [0, 0.05) is 11.1 Å². The summed E-state index contributed by atoms with van der Waals surface area (Å²) in [6.07, 6.45) is 1.70. The topological polar surface area (TPSA) is 69.7 Å². The third kappa shape index (κ3) is 6.14. The van der Waals surface area contributed by atoms with Crippen molar-refractivity contribution in [3.05, 3.63) is 102 Å². The number of Topliss-reactive ketones (excluding diaryl/α,β-unsaturated/α-hetero) is 2. The van der Waals surface area contributed by atoms with Crippen LogP contribution in [0, 0.1) is 5.92 Å². The normalized spacial score (nSPS) is 11.4. The predicted octanol–water partition coefficient (Wildman–Crippen LogP) is 4.94. The lowest BCUT2D eigenvalue weighted by Gasteiger charge is -2.15. The van der Waals surface area contributed by atoms with Crippen LogP contribution in [0.25, 0.3) is 0 Å². The molecular formula is C27H26O5. The van der Waals surface area contributed by atoms with Crippen molar-refractivity contribution in [3.63, 3.8) is 0 Å². The standard InChI is InChI=1S/C27H26O5/c1-2-31-27(30)24(25(28)21-14-7-4-8-15-21)26(29)22-16-9-17-23(19-22)32-18-10-13-20-11-5-3-6-12-20/h3-9,11-12,14-17,19,24H,2,10,13,18H2,1H3. The van der Waals surface area contributed by atoms with Crippen LogP contribution in [0.4, 0.5) is 0 Å². The number of ketones is 2. The lowest BCUT2D eigenvalue weighted by molar-refractivity contribution is -0.144. The monoisotopic (exact) mass is 430 g/mol. The lowest BCUT2D eigenvalue weighted by atomic mass is 9.90. The molecule has 32 heavy (non-hydrogen) atoms. The van der Waals surface area contributed by atoms with Crippen LogP contribution in [0.2, 0.25) is 0 Å². The predicted molar refractivity (Wildman–Crippen MR) is 122 cm³/mol. The second-order valence-corrected chi connectivity index (χ2v) is 7.25. The van der Waals surface area contributed by atoms with Crippen molar-refractivity contribution in [2.24, 2.45) is 5.92 Å². The maximum atomic E-state index is 13.2. The molecule has 0 spiro atoms. The first-order valence-corrected chi connectivity index (χ1v) is 10.7. The minimum atomic E-state index is -1.55. The highest BCUT2D eigenvalue weighted by Crippen LogP contribution is 2.21. The van der Waals surface area contributed by atoms with Gasteiger partial charge in [-0.05, 0) is 37.5 Å². The minimum absolute atomic E-state index is 0.0786. The third-order valence-corrected chi connectivity index (χ3v) is 4.94. The second-order valence-electron chi connectivity index (χ2n) is 7.25. The number of ether oxygens (including phenoxy) is 2. The molecule has 0 radical (unpaired) electrons. The zero-order chi connectivity index (χ0) is 22.8. The lowest BCUT2D eigenvalue weighted by Crippen LogP contribution is -2.33. The summed E-state index contributed by atoms with van der Waals surface area (Å²) < 4.78 is 10.8. The van der Waals surface area contributed by atoms with E-state index in [1.165, 1.54) is 5.56 Å². The van der Waals surface area contributed by atoms with E-state index < -0.39 is 23.5 Å². The van der Waals surface area contributed by atoms with Crippen LogP contribution in [-0.4, -0.2) is 30.7 Å². The summed E-state index contributed by atoms with van der Waals surface area (Å²) in [4.78, 5) is 38.6. The molecule has 5 nitrogen and oxygen atoms in total. The Hall–Kier alpha value is -3.73. The van der Waals surface area contributed by atoms with Crippen LogP contribution in [0.1, 0.15) is 39.6 Å². The van der Waals surface area contributed by atoms with Gasteiger partial charge < -0.3 is 9.47 Å². The Labute approximate surface area is 188 Å². The molecule has 0 aliphatic rings. The largest absolute Gasteiger partial charge is 0.494 e. The fourth-order valence-electron chi connectivity index (χ4n) is 3.34. The summed E-state index contributed by atoms with van der Waals surface area (Å²) in [5.74, 6) is -3.07. The van der Waals surface area contributed by atoms with Gasteiger partial charge in [0.15, 0.2) is 17.5 Å². The Kier molecular flexibility index (Phi) is 8.32. The van der Waals surface area contributed by atoms with E-state index in [0.29, 0.717) is 12.4 Å². The van der Waals surface area contributed by atoms with Gasteiger partial charge in [0.25, 0.3) is 0 Å². The molecule has 3 rings (SSSR count). The molecule has 0 amide bonds. The zero-order valence-corrected chi connectivity index (χ0v) is 18.0. The summed E-state index contributed by atoms with van der Waals surface area (Å²) in [7, 11) is 0. The highest BCUT2D eigenvalue weighted by atomic mass is 16.5. The van der Waals surface area contributed by atoms with E-state index in [1.807, 2.05) is 18.2 Å². The number of benzene rings is 3. The average molecular weight is 431 g/mol. The van der Waals surface area contributed by atoms with Crippen LogP contribution in [-0.2, 0) is 16.0 Å². The van der Waals surface area contributed by atoms with Crippen molar-refractivity contribution in [2.45, 2.75) is 19.8 Å². The molecule has 164 valence electrons. The highest BCUT2D eigenvalue weighted by Gasteiger charge is 2.36. The molecular weight excluding hydrogens is 404 g/mol. The maximum absolute atomic E-state index is 13.2. The number of hydrogen-bond acceptors (Lipinski definition) is 5. The van der Waals surface area contributed by atoms with Gasteiger partial charge in [-0.2, -0.15) is 0 Å². The molecule has 3 aromatic rings. The van der Waals surface area contributed by atoms with E-state index in [2.05, 4.69) is 12.1 Å². The van der Waals surface area contributed by atoms with E-state index in [0.717, 1.165) is 12.8 Å².